The Morgan fingerprint density at radius 3 is 2.59 bits per heavy atom. The first-order valence-corrected chi connectivity index (χ1v) is 12.4. The zero-order valence-electron chi connectivity index (χ0n) is 21.1. The van der Waals surface area contributed by atoms with Crippen LogP contribution in [0.3, 0.4) is 0 Å². The number of nitrogens with one attached hydrogen (secondary N) is 1. The molecule has 3 aromatic rings. The molecule has 4 N–H and O–H groups in total. The predicted octanol–water partition coefficient (Wildman–Crippen LogP) is 3.25. The number of aliphatic hydroxyl groups excluding tert-OH is 1. The van der Waals surface area contributed by atoms with Gasteiger partial charge in [0.1, 0.15) is 23.2 Å². The molecule has 190 valence electrons. The summed E-state index contributed by atoms with van der Waals surface area (Å²) in [5, 5.41) is 22.3. The summed E-state index contributed by atoms with van der Waals surface area (Å²) in [7, 11) is 0. The number of fused-ring (bicyclic) bond motifs is 1. The third kappa shape index (κ3) is 5.07. The topological polar surface area (TPSA) is 124 Å². The number of β-amino-alcohol motifs (C(OH)–C–C–N with tert-alkyl or cyclic N) is 1. The highest BCUT2D eigenvalue weighted by Crippen LogP contribution is 2.43. The van der Waals surface area contributed by atoms with Crippen LogP contribution in [0.25, 0.3) is 0 Å². The van der Waals surface area contributed by atoms with E-state index in [2.05, 4.69) is 31.2 Å². The van der Waals surface area contributed by atoms with E-state index in [4.69, 9.17) is 10.5 Å². The van der Waals surface area contributed by atoms with Crippen LogP contribution in [-0.2, 0) is 0 Å². The number of hydrogen-bond acceptors (Lipinski definition) is 9. The van der Waals surface area contributed by atoms with E-state index in [0.29, 0.717) is 35.4 Å². The number of rotatable bonds is 6. The number of benzene rings is 2. The summed E-state index contributed by atoms with van der Waals surface area (Å²) >= 11 is 0. The van der Waals surface area contributed by atoms with E-state index in [1.165, 1.54) is 0 Å². The number of piperazine rings is 1. The highest BCUT2D eigenvalue weighted by molar-refractivity contribution is 5.69. The lowest BCUT2D eigenvalue weighted by molar-refractivity contribution is 0.188. The van der Waals surface area contributed by atoms with Gasteiger partial charge in [0, 0.05) is 56.5 Å². The molecule has 0 bridgehead atoms. The van der Waals surface area contributed by atoms with Crippen molar-refractivity contribution in [2.45, 2.75) is 19.8 Å². The molecule has 37 heavy (non-hydrogen) atoms. The largest absolute Gasteiger partial charge is 0.439 e. The van der Waals surface area contributed by atoms with Crippen LogP contribution >= 0.6 is 0 Å². The van der Waals surface area contributed by atoms with E-state index < -0.39 is 0 Å². The van der Waals surface area contributed by atoms with Crippen LogP contribution in [0.1, 0.15) is 28.4 Å². The van der Waals surface area contributed by atoms with Crippen LogP contribution in [0.2, 0.25) is 0 Å². The van der Waals surface area contributed by atoms with Crippen molar-refractivity contribution in [3.63, 3.8) is 0 Å². The Balaban J connectivity index is 1.41. The fourth-order valence-corrected chi connectivity index (χ4v) is 5.04. The maximum Gasteiger partial charge on any atom is 0.224 e. The lowest BCUT2D eigenvalue weighted by atomic mass is 9.80. The van der Waals surface area contributed by atoms with Crippen LogP contribution in [0.4, 0.5) is 11.5 Å². The zero-order valence-corrected chi connectivity index (χ0v) is 21.1. The molecule has 0 saturated carbocycles. The fraction of sp³-hybridized carbons (Fsp3) is 0.321. The molecule has 1 unspecified atom stereocenters. The molecular formula is C28H31N7O2. The number of hydrogen-bond donors (Lipinski definition) is 3. The van der Waals surface area contributed by atoms with Gasteiger partial charge in [-0.25, -0.2) is 4.98 Å². The quantitative estimate of drug-likeness (QED) is 0.471. The Labute approximate surface area is 216 Å². The molecule has 0 amide bonds. The number of nitrogens with zero attached hydrogens (tertiary/aromatic N) is 5. The Bertz CT molecular complexity index is 1370. The molecule has 2 aromatic carbocycles. The van der Waals surface area contributed by atoms with Crippen LogP contribution in [-0.4, -0.2) is 59.3 Å². The summed E-state index contributed by atoms with van der Waals surface area (Å²) in [6.07, 6.45) is 0. The van der Waals surface area contributed by atoms with Crippen LogP contribution in [0, 0.1) is 25.2 Å². The number of aliphatic hydroxyl groups is 1. The standard InChI is InChI=1S/C28H31N7O2/c1-18-5-3-4-6-21(18)27-22-8-7-20(15-24(22)33-28(30)23(27)17-29)37-26-16-25(31-19(2)32-26)35-11-9-34(10-12-35)13-14-36/h3-8,15-16,27,33,36H,9-14,30H2,1-2H3. The van der Waals surface area contributed by atoms with Gasteiger partial charge in [-0.3, -0.25) is 4.90 Å². The SMILES string of the molecule is Cc1nc(Oc2ccc3c(c2)NC(N)=C(C#N)C3c2ccccc2C)cc(N2CCN(CCO)CC2)n1. The van der Waals surface area contributed by atoms with E-state index >= 15 is 0 Å². The second kappa shape index (κ2) is 10.5. The van der Waals surface area contributed by atoms with Crippen molar-refractivity contribution in [1.29, 1.82) is 5.26 Å². The van der Waals surface area contributed by atoms with Gasteiger partial charge >= 0.3 is 0 Å². The second-order valence-electron chi connectivity index (χ2n) is 9.37. The molecule has 0 spiro atoms. The number of ether oxygens (including phenoxy) is 1. The van der Waals surface area contributed by atoms with Crippen molar-refractivity contribution in [2.24, 2.45) is 5.73 Å². The Morgan fingerprint density at radius 2 is 1.86 bits per heavy atom. The number of anilines is 2. The van der Waals surface area contributed by atoms with Gasteiger partial charge in [0.15, 0.2) is 0 Å². The van der Waals surface area contributed by atoms with Gasteiger partial charge in [-0.2, -0.15) is 10.2 Å². The predicted molar refractivity (Wildman–Crippen MR) is 142 cm³/mol. The van der Waals surface area contributed by atoms with Gasteiger partial charge in [-0.15, -0.1) is 0 Å². The number of aryl methyl sites for hydroxylation is 2. The number of nitrogens with two attached hydrogens (primary N) is 1. The van der Waals surface area contributed by atoms with Gasteiger partial charge in [0.25, 0.3) is 0 Å². The highest BCUT2D eigenvalue weighted by Gasteiger charge is 2.30. The van der Waals surface area contributed by atoms with Gasteiger partial charge in [-0.1, -0.05) is 30.3 Å². The first-order chi connectivity index (χ1) is 18.0. The molecule has 1 atom stereocenters. The maximum atomic E-state index is 9.88. The molecule has 9 nitrogen and oxygen atoms in total. The van der Waals surface area contributed by atoms with E-state index in [9.17, 15) is 10.4 Å². The van der Waals surface area contributed by atoms with Crippen molar-refractivity contribution < 1.29 is 9.84 Å². The second-order valence-corrected chi connectivity index (χ2v) is 9.37. The molecule has 3 heterocycles. The van der Waals surface area contributed by atoms with Gasteiger partial charge in [0.2, 0.25) is 5.88 Å². The Hall–Kier alpha value is -4.13. The summed E-state index contributed by atoms with van der Waals surface area (Å²) in [4.78, 5) is 13.6. The summed E-state index contributed by atoms with van der Waals surface area (Å²) in [6, 6.07) is 18.0. The lowest BCUT2D eigenvalue weighted by Crippen LogP contribution is -2.47. The summed E-state index contributed by atoms with van der Waals surface area (Å²) in [5.74, 6) is 2.63. The Kier molecular flexibility index (Phi) is 6.95. The van der Waals surface area contributed by atoms with Crippen LogP contribution < -0.4 is 20.7 Å². The smallest absolute Gasteiger partial charge is 0.224 e. The molecule has 2 aliphatic heterocycles. The van der Waals surface area contributed by atoms with E-state index in [0.717, 1.165) is 54.4 Å². The maximum absolute atomic E-state index is 9.88. The first kappa shape index (κ1) is 24.6. The summed E-state index contributed by atoms with van der Waals surface area (Å²) < 4.78 is 6.19. The third-order valence-corrected chi connectivity index (χ3v) is 6.94. The lowest BCUT2D eigenvalue weighted by Gasteiger charge is -2.35. The normalized spacial score (nSPS) is 17.7. The number of allylic oxidation sites excluding steroid dienone is 1. The van der Waals surface area contributed by atoms with Crippen molar-refractivity contribution in [1.82, 2.24) is 14.9 Å². The van der Waals surface area contributed by atoms with E-state index in [-0.39, 0.29) is 12.5 Å². The zero-order chi connectivity index (χ0) is 25.9. The van der Waals surface area contributed by atoms with Crippen molar-refractivity contribution in [3.8, 4) is 17.7 Å². The average molecular weight is 498 g/mol. The van der Waals surface area contributed by atoms with Crippen LogP contribution in [0.5, 0.6) is 11.6 Å². The van der Waals surface area contributed by atoms with E-state index in [1.807, 2.05) is 62.4 Å². The molecule has 0 radical (unpaired) electrons. The Morgan fingerprint density at radius 1 is 1.08 bits per heavy atom. The third-order valence-electron chi connectivity index (χ3n) is 6.94. The van der Waals surface area contributed by atoms with Gasteiger partial charge < -0.3 is 25.8 Å². The first-order valence-electron chi connectivity index (χ1n) is 12.4. The fourth-order valence-electron chi connectivity index (χ4n) is 5.04. The average Bonchev–Trinajstić information content (AvgIpc) is 2.88. The van der Waals surface area contributed by atoms with Crippen LogP contribution in [0.15, 0.2) is 59.9 Å². The number of aromatic nitrogens is 2. The van der Waals surface area contributed by atoms with Crippen molar-refractivity contribution >= 4 is 11.5 Å². The molecule has 9 heteroatoms. The number of nitriles is 1. The van der Waals surface area contributed by atoms with Crippen molar-refractivity contribution in [3.05, 3.63) is 82.4 Å². The minimum atomic E-state index is -0.256. The van der Waals surface area contributed by atoms with E-state index in [1.54, 1.807) is 0 Å². The molecule has 2 aliphatic rings. The minimum Gasteiger partial charge on any atom is -0.439 e. The van der Waals surface area contributed by atoms with Gasteiger partial charge in [-0.05, 0) is 36.6 Å². The molecule has 1 fully saturated rings. The monoisotopic (exact) mass is 497 g/mol. The molecule has 1 aromatic heterocycles. The minimum absolute atomic E-state index is 0.172. The summed E-state index contributed by atoms with van der Waals surface area (Å²) in [5.41, 5.74) is 10.7. The molecule has 0 aliphatic carbocycles. The molecule has 5 rings (SSSR count). The highest BCUT2D eigenvalue weighted by atomic mass is 16.5. The summed E-state index contributed by atoms with van der Waals surface area (Å²) in [6.45, 7) is 8.16. The molecular weight excluding hydrogens is 466 g/mol. The van der Waals surface area contributed by atoms with Crippen molar-refractivity contribution in [2.75, 3.05) is 49.5 Å². The molecule has 1 saturated heterocycles. The van der Waals surface area contributed by atoms with Gasteiger partial charge in [0.05, 0.1) is 18.2 Å².